The molecule has 0 N–H and O–H groups in total. The van der Waals surface area contributed by atoms with Gasteiger partial charge in [-0.3, -0.25) is 9.59 Å². The first kappa shape index (κ1) is 19.1. The van der Waals surface area contributed by atoms with Gasteiger partial charge < -0.3 is 4.90 Å². The molecule has 0 radical (unpaired) electrons. The summed E-state index contributed by atoms with van der Waals surface area (Å²) >= 11 is 0. The predicted octanol–water partition coefficient (Wildman–Crippen LogP) is 4.81. The Labute approximate surface area is 141 Å². The van der Waals surface area contributed by atoms with E-state index in [0.29, 0.717) is 12.2 Å². The number of hydrogen-bond donors (Lipinski definition) is 0. The van der Waals surface area contributed by atoms with Gasteiger partial charge in [-0.1, -0.05) is 47.6 Å². The van der Waals surface area contributed by atoms with E-state index < -0.39 is 0 Å². The molecule has 0 saturated heterocycles. The van der Waals surface area contributed by atoms with E-state index in [-0.39, 0.29) is 11.8 Å². The van der Waals surface area contributed by atoms with Crippen LogP contribution in [0.2, 0.25) is 0 Å². The van der Waals surface area contributed by atoms with Crippen LogP contribution in [0.1, 0.15) is 40.0 Å². The second-order valence-corrected chi connectivity index (χ2v) is 7.99. The minimum Gasteiger partial charge on any atom is -0.315 e. The van der Waals surface area contributed by atoms with Crippen molar-refractivity contribution < 1.29 is 9.59 Å². The fourth-order valence-corrected chi connectivity index (χ4v) is 4.19. The number of unbranched alkanes of at least 4 members (excludes halogenated alkanes) is 1. The van der Waals surface area contributed by atoms with E-state index in [9.17, 15) is 9.59 Å². The lowest BCUT2D eigenvalue weighted by atomic mass is 10.0. The van der Waals surface area contributed by atoms with Crippen molar-refractivity contribution in [3.63, 3.8) is 0 Å². The molecule has 0 bridgehead atoms. The van der Waals surface area contributed by atoms with Gasteiger partial charge in [-0.2, -0.15) is 0 Å². The van der Waals surface area contributed by atoms with E-state index in [4.69, 9.17) is 0 Å². The molecule has 22 heavy (non-hydrogen) atoms. The van der Waals surface area contributed by atoms with E-state index in [2.05, 4.69) is 0 Å². The maximum atomic E-state index is 11.5. The van der Waals surface area contributed by atoms with Gasteiger partial charge >= 0.3 is 0 Å². The second-order valence-electron chi connectivity index (χ2n) is 5.53. The first-order valence-electron chi connectivity index (χ1n) is 7.59. The fourth-order valence-electron chi connectivity index (χ4n) is 1.83. The smallest absolute Gasteiger partial charge is 0.223 e. The Morgan fingerprint density at radius 1 is 1.18 bits per heavy atom. The lowest BCUT2D eigenvalue weighted by Crippen LogP contribution is -2.23. The van der Waals surface area contributed by atoms with E-state index in [1.807, 2.05) is 38.1 Å². The van der Waals surface area contributed by atoms with Crippen LogP contribution >= 0.6 is 21.6 Å². The van der Waals surface area contributed by atoms with Crippen LogP contribution in [0.3, 0.4) is 0 Å². The maximum Gasteiger partial charge on any atom is 0.223 e. The second kappa shape index (κ2) is 9.95. The summed E-state index contributed by atoms with van der Waals surface area (Å²) < 4.78 is 0. The first-order chi connectivity index (χ1) is 10.4. The van der Waals surface area contributed by atoms with Crippen molar-refractivity contribution in [2.45, 2.75) is 44.9 Å². The van der Waals surface area contributed by atoms with Gasteiger partial charge in [0.25, 0.3) is 0 Å². The molecule has 1 rings (SSSR count). The molecular weight excluding hydrogens is 314 g/mol. The topological polar surface area (TPSA) is 37.4 Å². The van der Waals surface area contributed by atoms with Crippen LogP contribution < -0.4 is 4.90 Å². The zero-order chi connectivity index (χ0) is 16.5. The maximum absolute atomic E-state index is 11.5. The summed E-state index contributed by atoms with van der Waals surface area (Å²) in [7, 11) is 5.27. The van der Waals surface area contributed by atoms with Crippen molar-refractivity contribution in [3.8, 4) is 0 Å². The van der Waals surface area contributed by atoms with Crippen LogP contribution in [0.25, 0.3) is 0 Å². The molecule has 0 heterocycles. The average Bonchev–Trinajstić information content (AvgIpc) is 2.49. The normalized spacial score (nSPS) is 10.8. The summed E-state index contributed by atoms with van der Waals surface area (Å²) in [6.45, 7) is 5.48. The lowest BCUT2D eigenvalue weighted by molar-refractivity contribution is -0.122. The highest BCUT2D eigenvalue weighted by Crippen LogP contribution is 2.37. The van der Waals surface area contributed by atoms with Crippen LogP contribution in [0.5, 0.6) is 0 Å². The molecule has 0 unspecified atom stereocenters. The lowest BCUT2D eigenvalue weighted by Gasteiger charge is -2.18. The van der Waals surface area contributed by atoms with E-state index in [0.717, 1.165) is 29.2 Å². The van der Waals surface area contributed by atoms with Crippen molar-refractivity contribution in [3.05, 3.63) is 24.3 Å². The minimum atomic E-state index is 0.0326. The van der Waals surface area contributed by atoms with Crippen LogP contribution in [0, 0.1) is 5.92 Å². The molecule has 1 aromatic rings. The number of carbonyl (C=O) groups is 2. The Bertz CT molecular complexity index is 503. The van der Waals surface area contributed by atoms with Crippen molar-refractivity contribution in [1.82, 2.24) is 0 Å². The summed E-state index contributed by atoms with van der Waals surface area (Å²) in [5.74, 6) is 1.54. The van der Waals surface area contributed by atoms with Crippen molar-refractivity contribution in [1.29, 1.82) is 0 Å². The Hall–Kier alpha value is -0.940. The number of ketones is 1. The van der Waals surface area contributed by atoms with Gasteiger partial charge in [0.1, 0.15) is 5.78 Å². The first-order valence-corrected chi connectivity index (χ1v) is 9.91. The molecular formula is C17H25NO2S2. The quantitative estimate of drug-likeness (QED) is 0.478. The van der Waals surface area contributed by atoms with Gasteiger partial charge in [0.05, 0.1) is 5.69 Å². The zero-order valence-corrected chi connectivity index (χ0v) is 15.4. The standard InChI is InChI=1S/C17H25NO2S2/c1-13(2)16(20)10-7-8-12-21-22-17-11-6-5-9-15(17)18(4)14(3)19/h5-6,9,11,13H,7-8,10,12H2,1-4H3. The monoisotopic (exact) mass is 339 g/mol. The molecule has 0 aromatic heterocycles. The number of nitrogens with zero attached hydrogens (tertiary/aromatic N) is 1. The largest absolute Gasteiger partial charge is 0.315 e. The highest BCUT2D eigenvalue weighted by atomic mass is 33.1. The van der Waals surface area contributed by atoms with E-state index in [1.54, 1.807) is 40.5 Å². The minimum absolute atomic E-state index is 0.0326. The Kier molecular flexibility index (Phi) is 8.64. The summed E-state index contributed by atoms with van der Waals surface area (Å²) in [5.41, 5.74) is 0.947. The van der Waals surface area contributed by atoms with Crippen LogP contribution in [0.15, 0.2) is 29.2 Å². The third kappa shape index (κ3) is 6.44. The number of para-hydroxylation sites is 1. The Morgan fingerprint density at radius 3 is 2.50 bits per heavy atom. The van der Waals surface area contributed by atoms with Crippen LogP contribution in [-0.4, -0.2) is 24.5 Å². The summed E-state index contributed by atoms with van der Waals surface area (Å²) in [4.78, 5) is 25.8. The van der Waals surface area contributed by atoms with Gasteiger partial charge in [-0.05, 0) is 25.0 Å². The van der Waals surface area contributed by atoms with Crippen LogP contribution in [0.4, 0.5) is 5.69 Å². The number of amides is 1. The molecule has 0 spiro atoms. The van der Waals surface area contributed by atoms with E-state index >= 15 is 0 Å². The zero-order valence-electron chi connectivity index (χ0n) is 13.8. The number of anilines is 1. The molecule has 0 aliphatic rings. The highest BCUT2D eigenvalue weighted by molar-refractivity contribution is 8.76. The van der Waals surface area contributed by atoms with E-state index in [1.165, 1.54) is 0 Å². The molecule has 3 nitrogen and oxygen atoms in total. The van der Waals surface area contributed by atoms with Crippen LogP contribution in [-0.2, 0) is 9.59 Å². The number of carbonyl (C=O) groups excluding carboxylic acids is 2. The number of Topliss-reactive ketones (excluding diaryl/α,β-unsaturated/α-hetero) is 1. The number of hydrogen-bond acceptors (Lipinski definition) is 4. The molecule has 0 saturated carbocycles. The van der Waals surface area contributed by atoms with Gasteiger partial charge in [0, 0.05) is 37.0 Å². The van der Waals surface area contributed by atoms with Crippen molar-refractivity contribution >= 4 is 39.0 Å². The van der Waals surface area contributed by atoms with Crippen molar-refractivity contribution in [2.75, 3.05) is 17.7 Å². The fraction of sp³-hybridized carbons (Fsp3) is 0.529. The third-order valence-electron chi connectivity index (χ3n) is 3.39. The molecule has 0 fully saturated rings. The van der Waals surface area contributed by atoms with Gasteiger partial charge in [-0.15, -0.1) is 0 Å². The summed E-state index contributed by atoms with van der Waals surface area (Å²) in [6.07, 6.45) is 2.69. The molecule has 5 heteroatoms. The Balaban J connectivity index is 2.37. The molecule has 1 aromatic carbocycles. The van der Waals surface area contributed by atoms with Gasteiger partial charge in [-0.25, -0.2) is 0 Å². The molecule has 1 amide bonds. The molecule has 0 aliphatic carbocycles. The summed E-state index contributed by atoms with van der Waals surface area (Å²) in [5, 5.41) is 0. The molecule has 0 aliphatic heterocycles. The predicted molar refractivity (Wildman–Crippen MR) is 97.5 cm³/mol. The molecule has 122 valence electrons. The SMILES string of the molecule is CC(=O)N(C)c1ccccc1SSCCCCC(=O)C(C)C. The molecule has 0 atom stereocenters. The third-order valence-corrected chi connectivity index (χ3v) is 5.88. The van der Waals surface area contributed by atoms with Gasteiger partial charge in [0.15, 0.2) is 0 Å². The summed E-state index contributed by atoms with van der Waals surface area (Å²) in [6, 6.07) is 7.93. The highest BCUT2D eigenvalue weighted by Gasteiger charge is 2.11. The van der Waals surface area contributed by atoms with Crippen molar-refractivity contribution in [2.24, 2.45) is 5.92 Å². The number of benzene rings is 1. The Morgan fingerprint density at radius 2 is 1.86 bits per heavy atom. The van der Waals surface area contributed by atoms with Gasteiger partial charge in [0.2, 0.25) is 5.91 Å². The average molecular weight is 340 g/mol. The number of rotatable bonds is 9.